The van der Waals surface area contributed by atoms with Gasteiger partial charge in [-0.15, -0.1) is 10.2 Å². The Balaban J connectivity index is 2.66. The molecule has 2 aromatic heterocycles. The molecule has 74 valence electrons. The lowest BCUT2D eigenvalue weighted by molar-refractivity contribution is 0.560. The van der Waals surface area contributed by atoms with E-state index < -0.39 is 5.63 Å². The van der Waals surface area contributed by atoms with Gasteiger partial charge < -0.3 is 4.42 Å². The smallest absolute Gasteiger partial charge is 0.382 e. The molecule has 0 atom stereocenters. The molecular formula is C10H7N3O2. The monoisotopic (exact) mass is 201 g/mol. The minimum Gasteiger partial charge on any atom is -0.418 e. The molecule has 0 aliphatic carbocycles. The van der Waals surface area contributed by atoms with E-state index in [1.807, 2.05) is 25.1 Å². The van der Waals surface area contributed by atoms with Crippen LogP contribution in [0.3, 0.4) is 0 Å². The number of rotatable bonds is 0. The van der Waals surface area contributed by atoms with Crippen LogP contribution in [0.1, 0.15) is 5.56 Å². The van der Waals surface area contributed by atoms with Crippen molar-refractivity contribution in [3.63, 3.8) is 0 Å². The van der Waals surface area contributed by atoms with E-state index in [9.17, 15) is 4.79 Å². The Hall–Kier alpha value is -2.17. The van der Waals surface area contributed by atoms with Crippen LogP contribution in [0.2, 0.25) is 0 Å². The van der Waals surface area contributed by atoms with Crippen LogP contribution < -0.4 is 5.63 Å². The number of hydrogen-bond donors (Lipinski definition) is 0. The fourth-order valence-electron chi connectivity index (χ4n) is 1.60. The van der Waals surface area contributed by atoms with Crippen molar-refractivity contribution in [2.24, 2.45) is 0 Å². The maximum absolute atomic E-state index is 11.5. The van der Waals surface area contributed by atoms with Crippen LogP contribution in [-0.2, 0) is 0 Å². The molecule has 0 saturated carbocycles. The summed E-state index contributed by atoms with van der Waals surface area (Å²) in [7, 11) is 0. The molecule has 0 aliphatic rings. The number of aromatic nitrogens is 3. The molecule has 2 heterocycles. The Morgan fingerprint density at radius 1 is 1.40 bits per heavy atom. The summed E-state index contributed by atoms with van der Waals surface area (Å²) in [6, 6.07) is 5.64. The summed E-state index contributed by atoms with van der Waals surface area (Å²) in [5, 5.41) is 7.39. The number of nitrogens with zero attached hydrogens (tertiary/aromatic N) is 3. The number of hydrogen-bond acceptors (Lipinski definition) is 4. The summed E-state index contributed by atoms with van der Waals surface area (Å²) in [6.45, 7) is 1.94. The molecule has 0 spiro atoms. The van der Waals surface area contributed by atoms with Gasteiger partial charge in [-0.25, -0.2) is 4.79 Å². The summed E-state index contributed by atoms with van der Waals surface area (Å²) in [5.41, 5.74) is 2.13. The maximum Gasteiger partial charge on any atom is 0.382 e. The maximum atomic E-state index is 11.5. The Morgan fingerprint density at radius 3 is 3.13 bits per heavy atom. The molecular weight excluding hydrogens is 194 g/mol. The standard InChI is InChI=1S/C10H7N3O2/c1-6-2-3-7-8(4-6)15-10(14)9-12-11-5-13(7)9/h2-5H,1H3. The van der Waals surface area contributed by atoms with E-state index in [0.717, 1.165) is 11.1 Å². The zero-order valence-corrected chi connectivity index (χ0v) is 7.97. The zero-order chi connectivity index (χ0) is 10.4. The highest BCUT2D eigenvalue weighted by molar-refractivity contribution is 5.75. The summed E-state index contributed by atoms with van der Waals surface area (Å²) in [5.74, 6) is 0. The first kappa shape index (κ1) is 8.16. The lowest BCUT2D eigenvalue weighted by atomic mass is 10.2. The average molecular weight is 201 g/mol. The Bertz CT molecular complexity index is 711. The molecule has 0 aliphatic heterocycles. The normalized spacial score (nSPS) is 11.3. The van der Waals surface area contributed by atoms with E-state index in [-0.39, 0.29) is 5.65 Å². The van der Waals surface area contributed by atoms with Crippen LogP contribution in [0.5, 0.6) is 0 Å². The second-order valence-electron chi connectivity index (χ2n) is 3.39. The fraction of sp³-hybridized carbons (Fsp3) is 0.100. The molecule has 0 radical (unpaired) electrons. The molecule has 0 fully saturated rings. The quantitative estimate of drug-likeness (QED) is 0.547. The van der Waals surface area contributed by atoms with Crippen LogP contribution >= 0.6 is 0 Å². The van der Waals surface area contributed by atoms with Gasteiger partial charge in [0.25, 0.3) is 0 Å². The van der Waals surface area contributed by atoms with Gasteiger partial charge in [0.05, 0.1) is 5.52 Å². The van der Waals surface area contributed by atoms with Crippen LogP contribution in [0.4, 0.5) is 0 Å². The van der Waals surface area contributed by atoms with Crippen molar-refractivity contribution >= 4 is 16.7 Å². The summed E-state index contributed by atoms with van der Waals surface area (Å²) < 4.78 is 6.76. The van der Waals surface area contributed by atoms with Crippen molar-refractivity contribution in [1.82, 2.24) is 14.6 Å². The predicted octanol–water partition coefficient (Wildman–Crippen LogP) is 1.14. The zero-order valence-electron chi connectivity index (χ0n) is 7.97. The predicted molar refractivity (Wildman–Crippen MR) is 53.8 cm³/mol. The van der Waals surface area contributed by atoms with Crippen LogP contribution in [-0.4, -0.2) is 14.6 Å². The number of fused-ring (bicyclic) bond motifs is 3. The first-order chi connectivity index (χ1) is 7.25. The Kier molecular flexibility index (Phi) is 1.45. The molecule has 0 bridgehead atoms. The van der Waals surface area contributed by atoms with Crippen LogP contribution in [0, 0.1) is 6.92 Å². The van der Waals surface area contributed by atoms with Gasteiger partial charge in [-0.2, -0.15) is 0 Å². The van der Waals surface area contributed by atoms with Gasteiger partial charge in [0.1, 0.15) is 6.33 Å². The average Bonchev–Trinajstić information content (AvgIpc) is 2.66. The van der Waals surface area contributed by atoms with E-state index >= 15 is 0 Å². The first-order valence-electron chi connectivity index (χ1n) is 4.49. The van der Waals surface area contributed by atoms with Crippen molar-refractivity contribution in [2.75, 3.05) is 0 Å². The molecule has 5 heteroatoms. The minimum absolute atomic E-state index is 0.214. The van der Waals surface area contributed by atoms with E-state index in [0.29, 0.717) is 5.58 Å². The van der Waals surface area contributed by atoms with Gasteiger partial charge in [-0.1, -0.05) is 6.07 Å². The molecule has 1 aromatic carbocycles. The van der Waals surface area contributed by atoms with E-state index in [1.54, 1.807) is 4.40 Å². The molecule has 3 rings (SSSR count). The van der Waals surface area contributed by atoms with Crippen molar-refractivity contribution in [3.05, 3.63) is 40.5 Å². The molecule has 0 unspecified atom stereocenters. The van der Waals surface area contributed by atoms with Gasteiger partial charge >= 0.3 is 5.63 Å². The van der Waals surface area contributed by atoms with E-state index in [4.69, 9.17) is 4.42 Å². The van der Waals surface area contributed by atoms with Crippen LogP contribution in [0.15, 0.2) is 33.7 Å². The van der Waals surface area contributed by atoms with Gasteiger partial charge in [0, 0.05) is 0 Å². The molecule has 0 saturated heterocycles. The van der Waals surface area contributed by atoms with Crippen molar-refractivity contribution in [1.29, 1.82) is 0 Å². The Morgan fingerprint density at radius 2 is 2.27 bits per heavy atom. The molecule has 3 aromatic rings. The molecule has 15 heavy (non-hydrogen) atoms. The lowest BCUT2D eigenvalue weighted by Gasteiger charge is -1.99. The van der Waals surface area contributed by atoms with E-state index in [1.165, 1.54) is 6.33 Å². The third-order valence-electron chi connectivity index (χ3n) is 2.31. The third-order valence-corrected chi connectivity index (χ3v) is 2.31. The highest BCUT2D eigenvalue weighted by Crippen LogP contribution is 2.14. The third kappa shape index (κ3) is 1.06. The fourth-order valence-corrected chi connectivity index (χ4v) is 1.60. The minimum atomic E-state index is -0.467. The lowest BCUT2D eigenvalue weighted by Crippen LogP contribution is -2.04. The van der Waals surface area contributed by atoms with Crippen molar-refractivity contribution < 1.29 is 4.42 Å². The Labute approximate surface area is 84.0 Å². The van der Waals surface area contributed by atoms with Gasteiger partial charge in [-0.05, 0) is 24.6 Å². The number of benzene rings is 1. The molecule has 0 N–H and O–H groups in total. The highest BCUT2D eigenvalue weighted by atomic mass is 16.4. The number of aryl methyl sites for hydroxylation is 1. The largest absolute Gasteiger partial charge is 0.418 e. The second-order valence-corrected chi connectivity index (χ2v) is 3.39. The SMILES string of the molecule is Cc1ccc2c(c1)oc(=O)c1nncn12. The second kappa shape index (κ2) is 2.66. The summed E-state index contributed by atoms with van der Waals surface area (Å²) in [4.78, 5) is 11.5. The van der Waals surface area contributed by atoms with Gasteiger partial charge in [-0.3, -0.25) is 4.40 Å². The topological polar surface area (TPSA) is 60.4 Å². The first-order valence-corrected chi connectivity index (χ1v) is 4.49. The van der Waals surface area contributed by atoms with E-state index in [2.05, 4.69) is 10.2 Å². The molecule has 5 nitrogen and oxygen atoms in total. The van der Waals surface area contributed by atoms with Crippen LogP contribution in [0.25, 0.3) is 16.7 Å². The van der Waals surface area contributed by atoms with Gasteiger partial charge in [0.15, 0.2) is 5.58 Å². The molecule has 0 amide bonds. The van der Waals surface area contributed by atoms with Crippen molar-refractivity contribution in [3.8, 4) is 0 Å². The summed E-state index contributed by atoms with van der Waals surface area (Å²) >= 11 is 0. The highest BCUT2D eigenvalue weighted by Gasteiger charge is 2.07. The summed E-state index contributed by atoms with van der Waals surface area (Å²) in [6.07, 6.45) is 1.50. The van der Waals surface area contributed by atoms with Gasteiger partial charge in [0.2, 0.25) is 5.65 Å². The van der Waals surface area contributed by atoms with Crippen molar-refractivity contribution in [2.45, 2.75) is 6.92 Å².